The van der Waals surface area contributed by atoms with Gasteiger partial charge >= 0.3 is 0 Å². The zero-order chi connectivity index (χ0) is 6.97. The van der Waals surface area contributed by atoms with Crippen LogP contribution in [0.4, 0.5) is 0 Å². The molecule has 2 nitrogen and oxygen atoms in total. The third-order valence-corrected chi connectivity index (χ3v) is 1.78. The molecule has 2 heteroatoms. The number of aromatic nitrogens is 1. The highest BCUT2D eigenvalue weighted by Crippen LogP contribution is 2.22. The van der Waals surface area contributed by atoms with Crippen LogP contribution >= 0.6 is 0 Å². The van der Waals surface area contributed by atoms with Gasteiger partial charge in [0.2, 0.25) is 0 Å². The van der Waals surface area contributed by atoms with Gasteiger partial charge in [0.05, 0.1) is 0 Å². The second kappa shape index (κ2) is 1.90. The smallest absolute Gasteiger partial charge is 0.188 e. The topological polar surface area (TPSA) is 36.0 Å². The molecule has 0 atom stereocenters. The quantitative estimate of drug-likeness (QED) is 0.557. The van der Waals surface area contributed by atoms with E-state index in [2.05, 4.69) is 11.1 Å². The Hall–Kier alpha value is -1.18. The molecule has 0 unspecified atom stereocenters. The molecule has 1 heterocycles. The number of aromatic hydroxyl groups is 1. The number of hydrogen-bond donors (Lipinski definition) is 2. The first-order chi connectivity index (χ1) is 4.86. The van der Waals surface area contributed by atoms with Crippen LogP contribution in [0.1, 0.15) is 17.7 Å². The summed E-state index contributed by atoms with van der Waals surface area (Å²) < 4.78 is 0. The maximum atomic E-state index is 9.03. The summed E-state index contributed by atoms with van der Waals surface area (Å²) in [5.74, 6) is 0.275. The molecular formula is C8H9NO. The lowest BCUT2D eigenvalue weighted by Gasteiger charge is -2.01. The van der Waals surface area contributed by atoms with Crippen molar-refractivity contribution in [2.45, 2.75) is 12.8 Å². The molecule has 0 saturated carbocycles. The first-order valence-corrected chi connectivity index (χ1v) is 3.43. The molecule has 0 bridgehead atoms. The normalized spacial score (nSPS) is 15.2. The van der Waals surface area contributed by atoms with Crippen molar-refractivity contribution in [3.8, 4) is 5.88 Å². The SMILES string of the molecule is Oc1cc2c([nH]1)C=CCC2. The maximum Gasteiger partial charge on any atom is 0.188 e. The minimum atomic E-state index is 0.275. The first kappa shape index (κ1) is 5.59. The van der Waals surface area contributed by atoms with E-state index in [1.54, 1.807) is 6.07 Å². The van der Waals surface area contributed by atoms with Crippen molar-refractivity contribution in [3.63, 3.8) is 0 Å². The molecular weight excluding hydrogens is 126 g/mol. The van der Waals surface area contributed by atoms with E-state index >= 15 is 0 Å². The van der Waals surface area contributed by atoms with Crippen molar-refractivity contribution >= 4 is 6.08 Å². The van der Waals surface area contributed by atoms with E-state index in [1.165, 1.54) is 5.56 Å². The van der Waals surface area contributed by atoms with Crippen LogP contribution in [0.2, 0.25) is 0 Å². The molecule has 0 saturated heterocycles. The number of fused-ring (bicyclic) bond motifs is 1. The Kier molecular flexibility index (Phi) is 1.07. The van der Waals surface area contributed by atoms with Gasteiger partial charge in [0.25, 0.3) is 0 Å². The Balaban J connectivity index is 2.53. The average Bonchev–Trinajstić information content (AvgIpc) is 2.27. The van der Waals surface area contributed by atoms with Gasteiger partial charge in [-0.3, -0.25) is 0 Å². The molecule has 0 radical (unpaired) electrons. The molecule has 0 aromatic carbocycles. The Morgan fingerprint density at radius 1 is 1.50 bits per heavy atom. The molecule has 10 heavy (non-hydrogen) atoms. The summed E-state index contributed by atoms with van der Waals surface area (Å²) in [6.07, 6.45) is 6.25. The number of aromatic amines is 1. The van der Waals surface area contributed by atoms with E-state index in [9.17, 15) is 0 Å². The minimum Gasteiger partial charge on any atom is -0.495 e. The molecule has 52 valence electrons. The lowest BCUT2D eigenvalue weighted by Crippen LogP contribution is -1.88. The fraction of sp³-hybridized carbons (Fsp3) is 0.250. The Bertz CT molecular complexity index is 273. The maximum absolute atomic E-state index is 9.03. The summed E-state index contributed by atoms with van der Waals surface area (Å²) in [6, 6.07) is 1.79. The molecule has 1 aromatic rings. The largest absolute Gasteiger partial charge is 0.495 e. The zero-order valence-corrected chi connectivity index (χ0v) is 5.59. The lowest BCUT2D eigenvalue weighted by atomic mass is 10.1. The van der Waals surface area contributed by atoms with Crippen LogP contribution < -0.4 is 0 Å². The van der Waals surface area contributed by atoms with Gasteiger partial charge in [0, 0.05) is 11.8 Å². The lowest BCUT2D eigenvalue weighted by molar-refractivity contribution is 0.456. The Labute approximate surface area is 59.2 Å². The summed E-state index contributed by atoms with van der Waals surface area (Å²) >= 11 is 0. The molecule has 2 N–H and O–H groups in total. The van der Waals surface area contributed by atoms with Gasteiger partial charge in [-0.15, -0.1) is 0 Å². The van der Waals surface area contributed by atoms with Crippen molar-refractivity contribution < 1.29 is 5.11 Å². The molecule has 0 amide bonds. The highest BCUT2D eigenvalue weighted by Gasteiger charge is 2.06. The summed E-state index contributed by atoms with van der Waals surface area (Å²) in [4.78, 5) is 2.87. The Morgan fingerprint density at radius 2 is 2.40 bits per heavy atom. The molecule has 0 spiro atoms. The fourth-order valence-electron chi connectivity index (χ4n) is 1.29. The highest BCUT2D eigenvalue weighted by atomic mass is 16.3. The van der Waals surface area contributed by atoms with Gasteiger partial charge in [0.1, 0.15) is 0 Å². The predicted molar refractivity (Wildman–Crippen MR) is 39.8 cm³/mol. The van der Waals surface area contributed by atoms with E-state index in [4.69, 9.17) is 5.11 Å². The van der Waals surface area contributed by atoms with Gasteiger partial charge in [-0.05, 0) is 24.5 Å². The molecule has 1 aromatic heterocycles. The van der Waals surface area contributed by atoms with Crippen molar-refractivity contribution in [2.75, 3.05) is 0 Å². The minimum absolute atomic E-state index is 0.275. The molecule has 2 rings (SSSR count). The number of nitrogens with one attached hydrogen (secondary N) is 1. The van der Waals surface area contributed by atoms with E-state index in [-0.39, 0.29) is 5.88 Å². The van der Waals surface area contributed by atoms with Crippen molar-refractivity contribution in [3.05, 3.63) is 23.4 Å². The van der Waals surface area contributed by atoms with E-state index in [0.29, 0.717) is 0 Å². The first-order valence-electron chi connectivity index (χ1n) is 3.43. The third-order valence-electron chi connectivity index (χ3n) is 1.78. The number of allylic oxidation sites excluding steroid dienone is 1. The number of H-pyrrole nitrogens is 1. The van der Waals surface area contributed by atoms with Crippen LogP contribution in [-0.2, 0) is 6.42 Å². The third kappa shape index (κ3) is 0.727. The zero-order valence-electron chi connectivity index (χ0n) is 5.59. The van der Waals surface area contributed by atoms with Gasteiger partial charge in [0.15, 0.2) is 5.88 Å². The van der Waals surface area contributed by atoms with Gasteiger partial charge in [-0.2, -0.15) is 0 Å². The van der Waals surface area contributed by atoms with Crippen LogP contribution in [-0.4, -0.2) is 10.1 Å². The monoisotopic (exact) mass is 135 g/mol. The van der Waals surface area contributed by atoms with Crippen molar-refractivity contribution in [1.82, 2.24) is 4.98 Å². The fourth-order valence-corrected chi connectivity index (χ4v) is 1.29. The van der Waals surface area contributed by atoms with Crippen LogP contribution in [0.15, 0.2) is 12.1 Å². The molecule has 1 aliphatic carbocycles. The second-order valence-electron chi connectivity index (χ2n) is 2.53. The average molecular weight is 135 g/mol. The van der Waals surface area contributed by atoms with E-state index < -0.39 is 0 Å². The number of hydrogen-bond acceptors (Lipinski definition) is 1. The van der Waals surface area contributed by atoms with Gasteiger partial charge in [-0.1, -0.05) is 6.08 Å². The van der Waals surface area contributed by atoms with Crippen LogP contribution in [0, 0.1) is 0 Å². The van der Waals surface area contributed by atoms with Crippen molar-refractivity contribution in [2.24, 2.45) is 0 Å². The summed E-state index contributed by atoms with van der Waals surface area (Å²) in [7, 11) is 0. The van der Waals surface area contributed by atoms with Gasteiger partial charge in [-0.25, -0.2) is 0 Å². The summed E-state index contributed by atoms with van der Waals surface area (Å²) in [5.41, 5.74) is 2.28. The van der Waals surface area contributed by atoms with Crippen molar-refractivity contribution in [1.29, 1.82) is 0 Å². The molecule has 0 fully saturated rings. The van der Waals surface area contributed by atoms with Crippen LogP contribution in [0.5, 0.6) is 5.88 Å². The van der Waals surface area contributed by atoms with Crippen LogP contribution in [0.25, 0.3) is 6.08 Å². The summed E-state index contributed by atoms with van der Waals surface area (Å²) in [5, 5.41) is 9.03. The highest BCUT2D eigenvalue weighted by molar-refractivity contribution is 5.54. The molecule has 1 aliphatic rings. The molecule has 0 aliphatic heterocycles. The van der Waals surface area contributed by atoms with E-state index in [0.717, 1.165) is 18.5 Å². The van der Waals surface area contributed by atoms with Gasteiger partial charge < -0.3 is 10.1 Å². The number of aryl methyl sites for hydroxylation is 1. The standard InChI is InChI=1S/C8H9NO/c10-8-5-6-3-1-2-4-7(6)9-8/h2,4-5,9-10H,1,3H2. The Morgan fingerprint density at radius 3 is 3.20 bits per heavy atom. The summed E-state index contributed by atoms with van der Waals surface area (Å²) in [6.45, 7) is 0. The predicted octanol–water partition coefficient (Wildman–Crippen LogP) is 1.68. The van der Waals surface area contributed by atoms with Crippen LogP contribution in [0.3, 0.4) is 0 Å². The van der Waals surface area contributed by atoms with E-state index in [1.807, 2.05) is 6.08 Å². The second-order valence-corrected chi connectivity index (χ2v) is 2.53. The number of rotatable bonds is 0.